The molecule has 1 atom stereocenters. The maximum atomic E-state index is 12.1. The van der Waals surface area contributed by atoms with Crippen molar-refractivity contribution in [2.75, 3.05) is 0 Å². The van der Waals surface area contributed by atoms with Crippen LogP contribution in [0.15, 0.2) is 18.2 Å². The first-order valence-corrected chi connectivity index (χ1v) is 6.55. The number of fused-ring (bicyclic) bond motifs is 1. The molecule has 0 aromatic heterocycles. The zero-order valence-electron chi connectivity index (χ0n) is 12.1. The van der Waals surface area contributed by atoms with Gasteiger partial charge >= 0.3 is 12.1 Å². The number of hydrogen-bond donors (Lipinski definition) is 1. The van der Waals surface area contributed by atoms with E-state index in [1.54, 1.807) is 23.1 Å². The summed E-state index contributed by atoms with van der Waals surface area (Å²) in [5.74, 6) is -0.962. The molecule has 0 spiro atoms. The van der Waals surface area contributed by atoms with Crippen LogP contribution in [0.3, 0.4) is 0 Å². The summed E-state index contributed by atoms with van der Waals surface area (Å²) in [6.07, 6.45) is -0.377. The van der Waals surface area contributed by atoms with Gasteiger partial charge < -0.3 is 9.84 Å². The summed E-state index contributed by atoms with van der Waals surface area (Å²) in [5, 5.41) is 9.03. The fourth-order valence-corrected chi connectivity index (χ4v) is 2.29. The van der Waals surface area contributed by atoms with Gasteiger partial charge in [0.25, 0.3) is 0 Å². The number of ether oxygens (including phenoxy) is 1. The molecule has 0 saturated carbocycles. The van der Waals surface area contributed by atoms with E-state index in [1.807, 2.05) is 27.7 Å². The molecule has 1 aliphatic rings. The number of carboxylic acids is 1. The molecule has 5 nitrogen and oxygen atoms in total. The Labute approximate surface area is 118 Å². The Morgan fingerprint density at radius 2 is 2.00 bits per heavy atom. The molecule has 0 saturated heterocycles. The molecule has 5 heteroatoms. The smallest absolute Gasteiger partial charge is 0.411 e. The number of nitrogens with zero attached hydrogens (tertiary/aromatic N) is 1. The van der Waals surface area contributed by atoms with Crippen molar-refractivity contribution >= 4 is 12.1 Å². The van der Waals surface area contributed by atoms with Crippen molar-refractivity contribution in [1.82, 2.24) is 4.90 Å². The number of carbonyl (C=O) groups is 2. The Kier molecular flexibility index (Phi) is 3.46. The second kappa shape index (κ2) is 4.81. The minimum absolute atomic E-state index is 0.181. The van der Waals surface area contributed by atoms with Gasteiger partial charge in [0.05, 0.1) is 11.6 Å². The maximum absolute atomic E-state index is 12.1. The van der Waals surface area contributed by atoms with Crippen LogP contribution in [0.25, 0.3) is 0 Å². The highest BCUT2D eigenvalue weighted by molar-refractivity contribution is 5.88. The van der Waals surface area contributed by atoms with Crippen LogP contribution in [0.5, 0.6) is 0 Å². The number of benzene rings is 1. The van der Waals surface area contributed by atoms with Gasteiger partial charge in [-0.05, 0) is 51.0 Å². The monoisotopic (exact) mass is 277 g/mol. The lowest BCUT2D eigenvalue weighted by Gasteiger charge is -2.27. The van der Waals surface area contributed by atoms with Crippen LogP contribution in [0.1, 0.15) is 55.2 Å². The number of rotatable bonds is 1. The first-order chi connectivity index (χ1) is 9.19. The van der Waals surface area contributed by atoms with Gasteiger partial charge in [-0.25, -0.2) is 9.59 Å². The van der Waals surface area contributed by atoms with Crippen LogP contribution in [-0.2, 0) is 11.3 Å². The summed E-state index contributed by atoms with van der Waals surface area (Å²) < 4.78 is 5.37. The summed E-state index contributed by atoms with van der Waals surface area (Å²) in [6, 6.07) is 4.78. The predicted molar refractivity (Wildman–Crippen MR) is 73.6 cm³/mol. The van der Waals surface area contributed by atoms with Gasteiger partial charge in [0.1, 0.15) is 5.60 Å². The topological polar surface area (TPSA) is 66.8 Å². The van der Waals surface area contributed by atoms with E-state index < -0.39 is 11.6 Å². The Bertz CT molecular complexity index is 559. The molecule has 1 N–H and O–H groups in total. The van der Waals surface area contributed by atoms with Crippen LogP contribution in [0, 0.1) is 0 Å². The molecule has 0 radical (unpaired) electrons. The Morgan fingerprint density at radius 1 is 1.35 bits per heavy atom. The zero-order chi connectivity index (χ0) is 15.1. The molecule has 1 amide bonds. The Morgan fingerprint density at radius 3 is 2.55 bits per heavy atom. The van der Waals surface area contributed by atoms with Crippen molar-refractivity contribution in [1.29, 1.82) is 0 Å². The lowest BCUT2D eigenvalue weighted by atomic mass is 10.0. The molecule has 0 bridgehead atoms. The number of carboxylic acid groups (broad SMARTS) is 1. The second-order valence-electron chi connectivity index (χ2n) is 6.00. The average molecular weight is 277 g/mol. The molecule has 0 fully saturated rings. The van der Waals surface area contributed by atoms with E-state index in [0.717, 1.165) is 11.1 Å². The SMILES string of the molecule is C[C@@H]1c2cc(C(=O)O)ccc2CN1C(=O)OC(C)(C)C. The predicted octanol–water partition coefficient (Wildman–Crippen LogP) is 3.20. The molecule has 1 heterocycles. The lowest BCUT2D eigenvalue weighted by molar-refractivity contribution is 0.0187. The summed E-state index contributed by atoms with van der Waals surface area (Å²) >= 11 is 0. The highest BCUT2D eigenvalue weighted by Crippen LogP contribution is 2.34. The van der Waals surface area contributed by atoms with Gasteiger partial charge in [-0.1, -0.05) is 6.07 Å². The molecule has 1 aromatic rings. The molecule has 2 rings (SSSR count). The Hall–Kier alpha value is -2.04. The number of carbonyl (C=O) groups excluding carboxylic acids is 1. The van der Waals surface area contributed by atoms with Gasteiger partial charge in [0.15, 0.2) is 0 Å². The summed E-state index contributed by atoms with van der Waals surface area (Å²) in [6.45, 7) is 7.79. The minimum Gasteiger partial charge on any atom is -0.478 e. The fraction of sp³-hybridized carbons (Fsp3) is 0.467. The second-order valence-corrected chi connectivity index (χ2v) is 6.00. The van der Waals surface area contributed by atoms with Crippen molar-refractivity contribution in [3.63, 3.8) is 0 Å². The highest BCUT2D eigenvalue weighted by Gasteiger charge is 2.33. The zero-order valence-corrected chi connectivity index (χ0v) is 12.1. The van der Waals surface area contributed by atoms with Gasteiger partial charge in [-0.15, -0.1) is 0 Å². The third-order valence-electron chi connectivity index (χ3n) is 3.28. The van der Waals surface area contributed by atoms with E-state index in [1.165, 1.54) is 0 Å². The standard InChI is InChI=1S/C15H19NO4/c1-9-12-7-10(13(17)18)5-6-11(12)8-16(9)14(19)20-15(2,3)4/h5-7,9H,8H2,1-4H3,(H,17,18)/t9-/m1/s1. The highest BCUT2D eigenvalue weighted by atomic mass is 16.6. The number of amides is 1. The van der Waals surface area contributed by atoms with E-state index >= 15 is 0 Å². The lowest BCUT2D eigenvalue weighted by Crippen LogP contribution is -2.35. The van der Waals surface area contributed by atoms with Crippen LogP contribution >= 0.6 is 0 Å². The summed E-state index contributed by atoms with van der Waals surface area (Å²) in [4.78, 5) is 24.8. The number of hydrogen-bond acceptors (Lipinski definition) is 3. The Balaban J connectivity index is 2.23. The van der Waals surface area contributed by atoms with Crippen molar-refractivity contribution in [3.8, 4) is 0 Å². The van der Waals surface area contributed by atoms with Crippen molar-refractivity contribution in [3.05, 3.63) is 34.9 Å². The van der Waals surface area contributed by atoms with E-state index in [9.17, 15) is 9.59 Å². The average Bonchev–Trinajstić information content (AvgIpc) is 2.64. The maximum Gasteiger partial charge on any atom is 0.411 e. The first-order valence-electron chi connectivity index (χ1n) is 6.55. The molecular weight excluding hydrogens is 258 g/mol. The van der Waals surface area contributed by atoms with Crippen molar-refractivity contribution < 1.29 is 19.4 Å². The normalized spacial score (nSPS) is 17.8. The largest absolute Gasteiger partial charge is 0.478 e. The van der Waals surface area contributed by atoms with Crippen LogP contribution in [0.4, 0.5) is 4.79 Å². The van der Waals surface area contributed by atoms with E-state index in [4.69, 9.17) is 9.84 Å². The minimum atomic E-state index is -0.962. The number of aromatic carboxylic acids is 1. The van der Waals surface area contributed by atoms with E-state index in [0.29, 0.717) is 6.54 Å². The van der Waals surface area contributed by atoms with Gasteiger partial charge in [-0.3, -0.25) is 4.90 Å². The van der Waals surface area contributed by atoms with Crippen LogP contribution in [0.2, 0.25) is 0 Å². The van der Waals surface area contributed by atoms with Gasteiger partial charge in [-0.2, -0.15) is 0 Å². The van der Waals surface area contributed by atoms with Crippen LogP contribution in [-0.4, -0.2) is 27.7 Å². The summed E-state index contributed by atoms with van der Waals surface area (Å²) in [7, 11) is 0. The molecule has 0 aliphatic carbocycles. The molecule has 1 aromatic carbocycles. The molecule has 0 unspecified atom stereocenters. The van der Waals surface area contributed by atoms with E-state index in [2.05, 4.69) is 0 Å². The molecule has 108 valence electrons. The van der Waals surface area contributed by atoms with Crippen LogP contribution < -0.4 is 0 Å². The third-order valence-corrected chi connectivity index (χ3v) is 3.28. The van der Waals surface area contributed by atoms with E-state index in [-0.39, 0.29) is 17.7 Å². The van der Waals surface area contributed by atoms with Gasteiger partial charge in [0.2, 0.25) is 0 Å². The first kappa shape index (κ1) is 14.4. The molecular formula is C15H19NO4. The van der Waals surface area contributed by atoms with Gasteiger partial charge in [0, 0.05) is 6.54 Å². The molecule has 20 heavy (non-hydrogen) atoms. The molecule has 1 aliphatic heterocycles. The van der Waals surface area contributed by atoms with Crippen molar-refractivity contribution in [2.24, 2.45) is 0 Å². The third kappa shape index (κ3) is 2.76. The quantitative estimate of drug-likeness (QED) is 0.856. The fourth-order valence-electron chi connectivity index (χ4n) is 2.29. The summed E-state index contributed by atoms with van der Waals surface area (Å²) in [5.41, 5.74) is 1.53. The van der Waals surface area contributed by atoms with Crippen molar-refractivity contribution in [2.45, 2.75) is 45.9 Å².